The second-order valence-corrected chi connectivity index (χ2v) is 14.8. The minimum atomic E-state index is -0.0266. The molecule has 0 aromatic rings. The molecule has 5 nitrogen and oxygen atoms in total. The molecule has 47 heavy (non-hydrogen) atoms. The Balaban J connectivity index is 4.37. The summed E-state index contributed by atoms with van der Waals surface area (Å²) in [5.41, 5.74) is 0. The molecule has 0 fully saturated rings. The quantitative estimate of drug-likeness (QED) is 0.0488. The van der Waals surface area contributed by atoms with Gasteiger partial charge in [-0.05, 0) is 84.8 Å². The van der Waals surface area contributed by atoms with Gasteiger partial charge in [-0.1, -0.05) is 149 Å². The molecule has 0 aliphatic heterocycles. The first-order chi connectivity index (χ1) is 22.9. The van der Waals surface area contributed by atoms with Crippen LogP contribution in [0, 0.1) is 0 Å². The first-order valence-electron chi connectivity index (χ1n) is 21.0. The molecule has 1 unspecified atom stereocenters. The van der Waals surface area contributed by atoms with Crippen molar-refractivity contribution >= 4 is 11.9 Å². The van der Waals surface area contributed by atoms with Crippen molar-refractivity contribution in [2.75, 3.05) is 20.6 Å². The van der Waals surface area contributed by atoms with E-state index in [2.05, 4.69) is 25.7 Å². The molecule has 0 aliphatic rings. The van der Waals surface area contributed by atoms with Crippen LogP contribution < -0.4 is 0 Å². The zero-order chi connectivity index (χ0) is 34.6. The summed E-state index contributed by atoms with van der Waals surface area (Å²) in [6, 6.07) is 0. The Hall–Kier alpha value is -1.10. The molecule has 0 amide bonds. The topological polar surface area (TPSA) is 55.8 Å². The van der Waals surface area contributed by atoms with Crippen LogP contribution in [0.4, 0.5) is 0 Å². The van der Waals surface area contributed by atoms with E-state index in [0.717, 1.165) is 77.2 Å². The highest BCUT2D eigenvalue weighted by atomic mass is 16.5. The lowest BCUT2D eigenvalue weighted by molar-refractivity contribution is -0.151. The van der Waals surface area contributed by atoms with E-state index in [9.17, 15) is 9.59 Å². The van der Waals surface area contributed by atoms with Crippen molar-refractivity contribution in [2.24, 2.45) is 0 Å². The molecule has 0 aliphatic carbocycles. The molecule has 0 bridgehead atoms. The van der Waals surface area contributed by atoms with E-state index in [0.29, 0.717) is 12.8 Å². The average molecular weight is 666 g/mol. The Bertz CT molecular complexity index is 651. The molecule has 0 aromatic heterocycles. The molecular weight excluding hydrogens is 582 g/mol. The highest BCUT2D eigenvalue weighted by molar-refractivity contribution is 5.69. The molecule has 0 N–H and O–H groups in total. The second-order valence-electron chi connectivity index (χ2n) is 14.8. The van der Waals surface area contributed by atoms with Gasteiger partial charge in [-0.15, -0.1) is 0 Å². The van der Waals surface area contributed by atoms with Gasteiger partial charge in [-0.3, -0.25) is 9.59 Å². The summed E-state index contributed by atoms with van der Waals surface area (Å²) in [6.45, 7) is 7.71. The van der Waals surface area contributed by atoms with Crippen molar-refractivity contribution < 1.29 is 19.1 Å². The van der Waals surface area contributed by atoms with E-state index < -0.39 is 0 Å². The number of carbonyl (C=O) groups is 2. The highest BCUT2D eigenvalue weighted by Crippen LogP contribution is 2.20. The Labute approximate surface area is 294 Å². The van der Waals surface area contributed by atoms with E-state index in [4.69, 9.17) is 9.47 Å². The number of esters is 2. The van der Waals surface area contributed by atoms with Crippen molar-refractivity contribution in [2.45, 2.75) is 238 Å². The van der Waals surface area contributed by atoms with Crippen LogP contribution in [-0.2, 0) is 19.1 Å². The molecule has 5 heteroatoms. The van der Waals surface area contributed by atoms with Gasteiger partial charge in [0.2, 0.25) is 0 Å². The fraction of sp³-hybridized carbons (Fsp3) is 0.952. The van der Waals surface area contributed by atoms with Gasteiger partial charge in [-0.2, -0.15) is 0 Å². The first kappa shape index (κ1) is 45.9. The number of rotatable bonds is 37. The van der Waals surface area contributed by atoms with E-state index in [1.165, 1.54) is 122 Å². The fourth-order valence-corrected chi connectivity index (χ4v) is 6.54. The van der Waals surface area contributed by atoms with Gasteiger partial charge in [0.15, 0.2) is 0 Å². The van der Waals surface area contributed by atoms with Gasteiger partial charge in [0, 0.05) is 12.8 Å². The molecule has 0 aromatic carbocycles. The lowest BCUT2D eigenvalue weighted by Gasteiger charge is -2.19. The molecule has 0 spiro atoms. The number of ether oxygens (including phenoxy) is 2. The summed E-state index contributed by atoms with van der Waals surface area (Å²) < 4.78 is 12.0. The molecule has 280 valence electrons. The van der Waals surface area contributed by atoms with Crippen molar-refractivity contribution in [3.05, 3.63) is 0 Å². The Kier molecular flexibility index (Phi) is 35.3. The number of unbranched alkanes of at least 4 members (excludes halogenated alkanes) is 21. The molecular formula is C42H83NO4. The Morgan fingerprint density at radius 3 is 1.00 bits per heavy atom. The number of carbonyl (C=O) groups excluding carboxylic acids is 2. The van der Waals surface area contributed by atoms with Crippen molar-refractivity contribution in [1.29, 1.82) is 0 Å². The first-order valence-corrected chi connectivity index (χ1v) is 21.0. The van der Waals surface area contributed by atoms with Crippen LogP contribution in [0.5, 0.6) is 0 Å². The van der Waals surface area contributed by atoms with Gasteiger partial charge in [0.25, 0.3) is 0 Å². The largest absolute Gasteiger partial charge is 0.462 e. The average Bonchev–Trinajstić information content (AvgIpc) is 3.04. The molecule has 0 heterocycles. The van der Waals surface area contributed by atoms with E-state index in [1.807, 2.05) is 14.1 Å². The summed E-state index contributed by atoms with van der Waals surface area (Å²) in [5, 5.41) is 0. The minimum absolute atomic E-state index is 0.0126. The third kappa shape index (κ3) is 34.6. The third-order valence-electron chi connectivity index (χ3n) is 9.63. The predicted octanol–water partition coefficient (Wildman–Crippen LogP) is 12.9. The normalized spacial score (nSPS) is 12.2. The molecule has 0 radical (unpaired) electrons. The lowest BCUT2D eigenvalue weighted by atomic mass is 10.0. The standard InChI is InChI=1S/C42H83NO4/c1-6-9-12-15-18-19-23-28-34-40(47-42(45)37-31-38-43(4)5)35-29-24-20-25-30-36-41(44)46-39(32-26-21-16-13-10-7-2)33-27-22-17-14-11-8-3/h39-40H,6-38H2,1-5H3. The van der Waals surface area contributed by atoms with E-state index >= 15 is 0 Å². The van der Waals surface area contributed by atoms with Gasteiger partial charge >= 0.3 is 11.9 Å². The van der Waals surface area contributed by atoms with Crippen LogP contribution in [0.2, 0.25) is 0 Å². The van der Waals surface area contributed by atoms with Gasteiger partial charge in [0.1, 0.15) is 12.2 Å². The minimum Gasteiger partial charge on any atom is -0.462 e. The molecule has 0 saturated heterocycles. The second kappa shape index (κ2) is 36.2. The highest BCUT2D eigenvalue weighted by Gasteiger charge is 2.16. The van der Waals surface area contributed by atoms with Crippen LogP contribution in [0.25, 0.3) is 0 Å². The van der Waals surface area contributed by atoms with E-state index in [-0.39, 0.29) is 24.1 Å². The summed E-state index contributed by atoms with van der Waals surface area (Å²) in [6.07, 6.45) is 37.3. The summed E-state index contributed by atoms with van der Waals surface area (Å²) in [5.74, 6) is -0.0141. The number of hydrogen-bond donors (Lipinski definition) is 0. The SMILES string of the molecule is CCCCCCCCCCC(CCCCCCCC(=O)OC(CCCCCCCC)CCCCCCCC)OC(=O)CCCN(C)C. The summed E-state index contributed by atoms with van der Waals surface area (Å²) in [7, 11) is 4.09. The van der Waals surface area contributed by atoms with Gasteiger partial charge in [0.05, 0.1) is 0 Å². The maximum Gasteiger partial charge on any atom is 0.306 e. The number of nitrogens with zero attached hydrogens (tertiary/aromatic N) is 1. The maximum atomic E-state index is 12.7. The molecule has 1 atom stereocenters. The summed E-state index contributed by atoms with van der Waals surface area (Å²) in [4.78, 5) is 27.4. The van der Waals surface area contributed by atoms with Crippen molar-refractivity contribution in [3.8, 4) is 0 Å². The Morgan fingerprint density at radius 1 is 0.404 bits per heavy atom. The van der Waals surface area contributed by atoms with Gasteiger partial charge in [-0.25, -0.2) is 0 Å². The van der Waals surface area contributed by atoms with Gasteiger partial charge < -0.3 is 14.4 Å². The van der Waals surface area contributed by atoms with Crippen LogP contribution in [0.1, 0.15) is 226 Å². The van der Waals surface area contributed by atoms with Crippen LogP contribution >= 0.6 is 0 Å². The van der Waals surface area contributed by atoms with Crippen molar-refractivity contribution in [1.82, 2.24) is 4.90 Å². The maximum absolute atomic E-state index is 12.7. The lowest BCUT2D eigenvalue weighted by Crippen LogP contribution is -2.20. The summed E-state index contributed by atoms with van der Waals surface area (Å²) >= 11 is 0. The number of hydrogen-bond acceptors (Lipinski definition) is 5. The zero-order valence-corrected chi connectivity index (χ0v) is 32.6. The monoisotopic (exact) mass is 666 g/mol. The zero-order valence-electron chi connectivity index (χ0n) is 32.6. The molecule has 0 saturated carbocycles. The van der Waals surface area contributed by atoms with Crippen LogP contribution in [0.3, 0.4) is 0 Å². The third-order valence-corrected chi connectivity index (χ3v) is 9.63. The van der Waals surface area contributed by atoms with E-state index in [1.54, 1.807) is 0 Å². The predicted molar refractivity (Wildman–Crippen MR) is 203 cm³/mol. The Morgan fingerprint density at radius 2 is 0.681 bits per heavy atom. The fourth-order valence-electron chi connectivity index (χ4n) is 6.54. The molecule has 0 rings (SSSR count). The van der Waals surface area contributed by atoms with Crippen molar-refractivity contribution in [3.63, 3.8) is 0 Å². The van der Waals surface area contributed by atoms with Crippen LogP contribution in [0.15, 0.2) is 0 Å². The van der Waals surface area contributed by atoms with Crippen LogP contribution in [-0.4, -0.2) is 49.7 Å². The smallest absolute Gasteiger partial charge is 0.306 e.